The van der Waals surface area contributed by atoms with Gasteiger partial charge in [0.25, 0.3) is 5.56 Å². The summed E-state index contributed by atoms with van der Waals surface area (Å²) in [7, 11) is 1.42. The molecule has 29 heavy (non-hydrogen) atoms. The molecule has 4 atom stereocenters. The number of esters is 1. The van der Waals surface area contributed by atoms with Crippen LogP contribution in [0.3, 0.4) is 0 Å². The van der Waals surface area contributed by atoms with Gasteiger partial charge in [0.05, 0.1) is 13.2 Å². The number of nitrogens with one attached hydrogen (secondary N) is 1. The Morgan fingerprint density at radius 1 is 1.24 bits per heavy atom. The molecule has 2 heterocycles. The highest BCUT2D eigenvalue weighted by Gasteiger charge is 2.48. The Morgan fingerprint density at radius 2 is 1.97 bits per heavy atom. The minimum absolute atomic E-state index is 0.127. The molecule has 156 valence electrons. The zero-order chi connectivity index (χ0) is 21.0. The molecule has 3 rings (SSSR count). The number of hydrogen-bond donors (Lipinski definition) is 1. The first-order valence-corrected chi connectivity index (χ1v) is 9.20. The number of benzene rings is 1. The molecule has 9 heteroatoms. The molecule has 1 fully saturated rings. The van der Waals surface area contributed by atoms with Gasteiger partial charge in [0.1, 0.15) is 12.1 Å². The average molecular weight is 404 g/mol. The Morgan fingerprint density at radius 3 is 2.62 bits per heavy atom. The lowest BCUT2D eigenvalue weighted by molar-refractivity contribution is -0.179. The van der Waals surface area contributed by atoms with Gasteiger partial charge in [0, 0.05) is 25.8 Å². The number of hydrogen-bond acceptors (Lipinski definition) is 7. The second kappa shape index (κ2) is 9.17. The Balaban J connectivity index is 1.88. The van der Waals surface area contributed by atoms with Crippen molar-refractivity contribution >= 4 is 5.97 Å². The summed E-state index contributed by atoms with van der Waals surface area (Å²) < 4.78 is 23.7. The minimum atomic E-state index is -0.883. The van der Waals surface area contributed by atoms with Crippen LogP contribution in [0.25, 0.3) is 0 Å². The number of aromatic nitrogens is 2. The van der Waals surface area contributed by atoms with Crippen molar-refractivity contribution in [2.75, 3.05) is 13.7 Å². The van der Waals surface area contributed by atoms with Gasteiger partial charge in [0.2, 0.25) is 0 Å². The third-order valence-electron chi connectivity index (χ3n) is 4.69. The second-order valence-corrected chi connectivity index (χ2v) is 6.82. The zero-order valence-corrected chi connectivity index (χ0v) is 16.5. The first kappa shape index (κ1) is 21.0. The van der Waals surface area contributed by atoms with E-state index in [4.69, 9.17) is 18.9 Å². The lowest BCUT2D eigenvalue weighted by atomic mass is 10.1. The Labute approximate surface area is 167 Å². The van der Waals surface area contributed by atoms with Crippen LogP contribution in [0.5, 0.6) is 0 Å². The summed E-state index contributed by atoms with van der Waals surface area (Å²) in [6, 6.07) is 8.87. The molecule has 0 amide bonds. The van der Waals surface area contributed by atoms with Gasteiger partial charge in [0.15, 0.2) is 12.4 Å². The van der Waals surface area contributed by atoms with Crippen molar-refractivity contribution < 1.29 is 23.7 Å². The molecule has 1 N–H and O–H groups in total. The van der Waals surface area contributed by atoms with E-state index in [1.165, 1.54) is 24.8 Å². The SMILES string of the molecule is CO[C@H]1O[C@H](COCc2ccccc2)[C@H](n2cc(C)c(=O)[nH]c2=O)[C@@H]1OC(C)=O. The van der Waals surface area contributed by atoms with Gasteiger partial charge >= 0.3 is 11.7 Å². The van der Waals surface area contributed by atoms with Gasteiger partial charge in [-0.3, -0.25) is 19.1 Å². The van der Waals surface area contributed by atoms with Crippen LogP contribution in [0.4, 0.5) is 0 Å². The van der Waals surface area contributed by atoms with Crippen LogP contribution in [0.2, 0.25) is 0 Å². The summed E-state index contributed by atoms with van der Waals surface area (Å²) in [4.78, 5) is 38.1. The van der Waals surface area contributed by atoms with Crippen molar-refractivity contribution in [1.82, 2.24) is 9.55 Å². The van der Waals surface area contributed by atoms with Crippen molar-refractivity contribution in [2.45, 2.75) is 45.0 Å². The van der Waals surface area contributed by atoms with Crippen molar-refractivity contribution in [1.29, 1.82) is 0 Å². The number of carbonyl (C=O) groups excluding carboxylic acids is 1. The van der Waals surface area contributed by atoms with Gasteiger partial charge in [-0.05, 0) is 12.5 Å². The fourth-order valence-corrected chi connectivity index (χ4v) is 3.36. The molecule has 0 radical (unpaired) electrons. The predicted octanol–water partition coefficient (Wildman–Crippen LogP) is 0.906. The van der Waals surface area contributed by atoms with Crippen LogP contribution < -0.4 is 11.2 Å². The average Bonchev–Trinajstić information content (AvgIpc) is 3.02. The van der Waals surface area contributed by atoms with Gasteiger partial charge < -0.3 is 18.9 Å². The molecule has 1 aliphatic rings. The third-order valence-corrected chi connectivity index (χ3v) is 4.69. The van der Waals surface area contributed by atoms with E-state index >= 15 is 0 Å². The number of methoxy groups -OCH3 is 1. The van der Waals surface area contributed by atoms with E-state index in [-0.39, 0.29) is 6.61 Å². The molecule has 2 aromatic rings. The maximum Gasteiger partial charge on any atom is 0.328 e. The Kier molecular flexibility index (Phi) is 6.63. The summed E-state index contributed by atoms with van der Waals surface area (Å²) in [5, 5.41) is 0. The van der Waals surface area contributed by atoms with E-state index in [1.54, 1.807) is 6.92 Å². The quantitative estimate of drug-likeness (QED) is 0.683. The number of carbonyl (C=O) groups is 1. The molecule has 0 bridgehead atoms. The zero-order valence-electron chi connectivity index (χ0n) is 16.5. The van der Waals surface area contributed by atoms with Gasteiger partial charge in [-0.25, -0.2) is 4.79 Å². The molecule has 0 aliphatic carbocycles. The molecule has 1 aromatic carbocycles. The van der Waals surface area contributed by atoms with E-state index in [2.05, 4.69) is 4.98 Å². The molecule has 1 saturated heterocycles. The molecule has 1 aliphatic heterocycles. The summed E-state index contributed by atoms with van der Waals surface area (Å²) in [6.45, 7) is 3.33. The number of aryl methyl sites for hydroxylation is 1. The highest BCUT2D eigenvalue weighted by molar-refractivity contribution is 5.66. The lowest BCUT2D eigenvalue weighted by Crippen LogP contribution is -2.43. The normalized spacial score (nSPS) is 23.8. The number of H-pyrrole nitrogens is 1. The van der Waals surface area contributed by atoms with Crippen molar-refractivity contribution in [3.8, 4) is 0 Å². The summed E-state index contributed by atoms with van der Waals surface area (Å²) in [5.74, 6) is -0.536. The third kappa shape index (κ3) is 4.81. The van der Waals surface area contributed by atoms with E-state index in [1.807, 2.05) is 30.3 Å². The maximum atomic E-state index is 12.5. The number of ether oxygens (including phenoxy) is 4. The van der Waals surface area contributed by atoms with Gasteiger partial charge in [-0.1, -0.05) is 30.3 Å². The van der Waals surface area contributed by atoms with Crippen LogP contribution >= 0.6 is 0 Å². The molecule has 0 unspecified atom stereocenters. The lowest BCUT2D eigenvalue weighted by Gasteiger charge is -2.25. The molecular formula is C20H24N2O7. The van der Waals surface area contributed by atoms with Crippen LogP contribution in [-0.2, 0) is 30.3 Å². The number of nitrogens with zero attached hydrogens (tertiary/aromatic N) is 1. The fraction of sp³-hybridized carbons (Fsp3) is 0.450. The molecular weight excluding hydrogens is 380 g/mol. The van der Waals surface area contributed by atoms with Crippen molar-refractivity contribution in [3.05, 3.63) is 68.5 Å². The standard InChI is InChI=1S/C20H24N2O7/c1-12-9-22(20(25)21-18(12)24)16-15(11-27-10-14-7-5-4-6-8-14)29-19(26-3)17(16)28-13(2)23/h4-9,15-17,19H,10-11H2,1-3H3,(H,21,24,25)/t15-,16+,17+,19+/m1/s1. The van der Waals surface area contributed by atoms with Crippen molar-refractivity contribution in [3.63, 3.8) is 0 Å². The number of rotatable bonds is 7. The number of aromatic amines is 1. The van der Waals surface area contributed by atoms with Crippen LogP contribution in [0, 0.1) is 6.92 Å². The summed E-state index contributed by atoms with van der Waals surface area (Å²) >= 11 is 0. The Bertz CT molecular complexity index is 953. The topological polar surface area (TPSA) is 109 Å². The first-order chi connectivity index (χ1) is 13.9. The molecule has 0 saturated carbocycles. The highest BCUT2D eigenvalue weighted by atomic mass is 16.7. The van der Waals surface area contributed by atoms with Crippen LogP contribution in [0.15, 0.2) is 46.1 Å². The predicted molar refractivity (Wildman–Crippen MR) is 102 cm³/mol. The molecule has 1 aromatic heterocycles. The maximum absolute atomic E-state index is 12.5. The van der Waals surface area contributed by atoms with E-state index in [0.29, 0.717) is 12.2 Å². The molecule has 0 spiro atoms. The van der Waals surface area contributed by atoms with E-state index < -0.39 is 41.8 Å². The van der Waals surface area contributed by atoms with Gasteiger partial charge in [-0.2, -0.15) is 0 Å². The largest absolute Gasteiger partial charge is 0.455 e. The summed E-state index contributed by atoms with van der Waals surface area (Å²) in [5.41, 5.74) is 0.223. The van der Waals surface area contributed by atoms with E-state index in [0.717, 1.165) is 5.56 Å². The van der Waals surface area contributed by atoms with Crippen LogP contribution in [-0.4, -0.2) is 47.7 Å². The molecule has 9 nitrogen and oxygen atoms in total. The Hall–Kier alpha value is -2.75. The van der Waals surface area contributed by atoms with Crippen molar-refractivity contribution in [2.24, 2.45) is 0 Å². The van der Waals surface area contributed by atoms with Crippen LogP contribution in [0.1, 0.15) is 24.1 Å². The fourth-order valence-electron chi connectivity index (χ4n) is 3.36. The monoisotopic (exact) mass is 404 g/mol. The van der Waals surface area contributed by atoms with Gasteiger partial charge in [-0.15, -0.1) is 0 Å². The first-order valence-electron chi connectivity index (χ1n) is 9.20. The van der Waals surface area contributed by atoms with E-state index in [9.17, 15) is 14.4 Å². The smallest absolute Gasteiger partial charge is 0.328 e. The highest BCUT2D eigenvalue weighted by Crippen LogP contribution is 2.33. The second-order valence-electron chi connectivity index (χ2n) is 6.82. The minimum Gasteiger partial charge on any atom is -0.455 e. The summed E-state index contributed by atoms with van der Waals surface area (Å²) in [6.07, 6.45) is -0.983.